The molecular formula is HO3PdS-. The average Bonchev–Trinajstić information content (AvgIpc) is 0.811. The molecule has 3 nitrogen and oxygen atoms in total. The molecule has 5 heteroatoms. The molecule has 36 valence electrons. The van der Waals surface area contributed by atoms with E-state index < -0.39 is 11.4 Å². The minimum Gasteiger partial charge on any atom is -0.750 e. The minimum atomic E-state index is -2.86. The minimum absolute atomic E-state index is 0. The molecule has 0 aromatic heterocycles. The summed E-state index contributed by atoms with van der Waals surface area (Å²) in [6.45, 7) is 0. The number of rotatable bonds is 0. The number of hydrogen-bond donors (Lipinski definition) is 1. The summed E-state index contributed by atoms with van der Waals surface area (Å²) in [4.78, 5) is 0. The Kier molecular flexibility index (Phi) is 8.72. The van der Waals surface area contributed by atoms with Crippen molar-refractivity contribution in [2.24, 2.45) is 0 Å². The second kappa shape index (κ2) is 4.73. The first-order valence-corrected chi connectivity index (χ1v) is 1.55. The predicted molar refractivity (Wildman–Crippen MR) is 11.5 cm³/mol. The molecule has 0 amide bonds. The fourth-order valence-electron chi connectivity index (χ4n) is 0. The van der Waals surface area contributed by atoms with Crippen molar-refractivity contribution in [1.29, 1.82) is 0 Å². The van der Waals surface area contributed by atoms with Crippen LogP contribution in [-0.2, 0) is 31.8 Å². The van der Waals surface area contributed by atoms with Gasteiger partial charge in [-0.05, 0) is 0 Å². The Bertz CT molecular complexity index is 29.9. The third-order valence-electron chi connectivity index (χ3n) is 0. The predicted octanol–water partition coefficient (Wildman–Crippen LogP) is -0.664. The van der Waals surface area contributed by atoms with E-state index >= 15 is 0 Å². The summed E-state index contributed by atoms with van der Waals surface area (Å²) in [7, 11) is 0. The van der Waals surface area contributed by atoms with Gasteiger partial charge in [0.2, 0.25) is 0 Å². The van der Waals surface area contributed by atoms with Crippen LogP contribution in [0.3, 0.4) is 0 Å². The van der Waals surface area contributed by atoms with E-state index in [9.17, 15) is 0 Å². The second-order valence-electron chi connectivity index (χ2n) is 0.217. The van der Waals surface area contributed by atoms with Crippen LogP contribution in [-0.4, -0.2) is 13.3 Å². The van der Waals surface area contributed by atoms with Gasteiger partial charge >= 0.3 is 0 Å². The van der Waals surface area contributed by atoms with Crippen molar-refractivity contribution >= 4 is 11.4 Å². The Balaban J connectivity index is 0. The smallest absolute Gasteiger partial charge is 0.0814 e. The van der Waals surface area contributed by atoms with Crippen LogP contribution in [0.2, 0.25) is 0 Å². The summed E-state index contributed by atoms with van der Waals surface area (Å²) in [5.74, 6) is 0. The topological polar surface area (TPSA) is 60.4 Å². The molecule has 0 saturated heterocycles. The molecule has 0 heterocycles. The molecule has 0 aromatic carbocycles. The van der Waals surface area contributed by atoms with Gasteiger partial charge in [0.1, 0.15) is 0 Å². The Morgan fingerprint density at radius 2 is 1.80 bits per heavy atom. The van der Waals surface area contributed by atoms with E-state index in [1.807, 2.05) is 0 Å². The second-order valence-corrected chi connectivity index (χ2v) is 0.651. The zero-order chi connectivity index (χ0) is 3.58. The normalized spacial score (nSPS) is 12.4. The van der Waals surface area contributed by atoms with E-state index in [4.69, 9.17) is 13.3 Å². The van der Waals surface area contributed by atoms with E-state index in [-0.39, 0.29) is 20.4 Å². The van der Waals surface area contributed by atoms with Gasteiger partial charge < -0.3 is 9.11 Å². The van der Waals surface area contributed by atoms with Gasteiger partial charge in [0, 0.05) is 20.4 Å². The molecule has 0 radical (unpaired) electrons. The Morgan fingerprint density at radius 1 is 1.80 bits per heavy atom. The molecule has 0 spiro atoms. The monoisotopic (exact) mass is 187 g/mol. The molecule has 1 unspecified atom stereocenters. The van der Waals surface area contributed by atoms with Crippen molar-refractivity contribution in [3.8, 4) is 0 Å². The molecule has 0 fully saturated rings. The zero-order valence-electron chi connectivity index (χ0n) is 1.99. The fourth-order valence-corrected chi connectivity index (χ4v) is 0. The third-order valence-corrected chi connectivity index (χ3v) is 0. The molecule has 1 N–H and O–H groups in total. The summed E-state index contributed by atoms with van der Waals surface area (Å²) in [6, 6.07) is 0. The van der Waals surface area contributed by atoms with Gasteiger partial charge in [0.05, 0.1) is 11.4 Å². The zero-order valence-corrected chi connectivity index (χ0v) is 4.36. The first-order valence-electron chi connectivity index (χ1n) is 0.516. The van der Waals surface area contributed by atoms with Crippen LogP contribution < -0.4 is 0 Å². The third kappa shape index (κ3) is 65.9. The van der Waals surface area contributed by atoms with Gasteiger partial charge in [0.15, 0.2) is 0 Å². The average molecular weight is 187 g/mol. The molecule has 5 heavy (non-hydrogen) atoms. The summed E-state index contributed by atoms with van der Waals surface area (Å²) in [6.07, 6.45) is 0. The maximum atomic E-state index is 8.56. The van der Waals surface area contributed by atoms with Crippen molar-refractivity contribution in [3.63, 3.8) is 0 Å². The maximum absolute atomic E-state index is 8.56. The van der Waals surface area contributed by atoms with Gasteiger partial charge in [-0.3, -0.25) is 0 Å². The molecule has 0 aliphatic heterocycles. The molecule has 0 aliphatic rings. The van der Waals surface area contributed by atoms with Gasteiger partial charge in [-0.2, -0.15) is 0 Å². The molecule has 0 saturated carbocycles. The Labute approximate surface area is 45.5 Å². The van der Waals surface area contributed by atoms with Crippen LogP contribution in [0.25, 0.3) is 0 Å². The van der Waals surface area contributed by atoms with E-state index in [2.05, 4.69) is 0 Å². The van der Waals surface area contributed by atoms with Crippen LogP contribution >= 0.6 is 0 Å². The largest absolute Gasteiger partial charge is 0.750 e. The molecule has 1 atom stereocenters. The van der Waals surface area contributed by atoms with Gasteiger partial charge in [-0.1, -0.05) is 0 Å². The van der Waals surface area contributed by atoms with Crippen molar-refractivity contribution in [2.75, 3.05) is 0 Å². The van der Waals surface area contributed by atoms with Crippen LogP contribution in [0.5, 0.6) is 0 Å². The van der Waals surface area contributed by atoms with E-state index in [1.54, 1.807) is 0 Å². The fraction of sp³-hybridized carbons (Fsp3) is 0. The molecule has 0 aliphatic carbocycles. The maximum Gasteiger partial charge on any atom is 0.0814 e. The van der Waals surface area contributed by atoms with Gasteiger partial charge in [0.25, 0.3) is 0 Å². The van der Waals surface area contributed by atoms with E-state index in [0.717, 1.165) is 0 Å². The molecule has 0 rings (SSSR count). The van der Waals surface area contributed by atoms with Crippen molar-refractivity contribution in [1.82, 2.24) is 0 Å². The first-order chi connectivity index (χ1) is 1.73. The molecular weight excluding hydrogens is 186 g/mol. The summed E-state index contributed by atoms with van der Waals surface area (Å²) < 4.78 is 24.1. The van der Waals surface area contributed by atoms with Crippen LogP contribution in [0.15, 0.2) is 0 Å². The van der Waals surface area contributed by atoms with Gasteiger partial charge in [-0.15, -0.1) is 0 Å². The Morgan fingerprint density at radius 3 is 1.80 bits per heavy atom. The summed E-state index contributed by atoms with van der Waals surface area (Å²) in [5, 5.41) is 0. The van der Waals surface area contributed by atoms with Crippen molar-refractivity contribution in [2.45, 2.75) is 0 Å². The van der Waals surface area contributed by atoms with Crippen molar-refractivity contribution < 1.29 is 33.7 Å². The molecule has 0 aromatic rings. The Hall–Kier alpha value is 0.732. The van der Waals surface area contributed by atoms with Crippen molar-refractivity contribution in [3.05, 3.63) is 0 Å². The van der Waals surface area contributed by atoms with Gasteiger partial charge in [-0.25, -0.2) is 4.21 Å². The van der Waals surface area contributed by atoms with E-state index in [1.165, 1.54) is 0 Å². The summed E-state index contributed by atoms with van der Waals surface area (Å²) in [5.41, 5.74) is 0. The quantitative estimate of drug-likeness (QED) is 0.404. The van der Waals surface area contributed by atoms with E-state index in [0.29, 0.717) is 0 Å². The van der Waals surface area contributed by atoms with Crippen LogP contribution in [0.4, 0.5) is 0 Å². The first kappa shape index (κ1) is 9.22. The standard InChI is InChI=1S/H2O3S.Pd/c1-4(2)3;/h(H2,1,2,3);/p-1. The summed E-state index contributed by atoms with van der Waals surface area (Å²) >= 11 is -2.86. The number of hydrogen-bond acceptors (Lipinski definition) is 2. The molecule has 0 bridgehead atoms. The SMILES string of the molecule is O=S([O-])O.[Pd]. The van der Waals surface area contributed by atoms with Crippen LogP contribution in [0.1, 0.15) is 0 Å². The van der Waals surface area contributed by atoms with Crippen LogP contribution in [0, 0.1) is 0 Å².